The average molecular weight is 481 g/mol. The molecular weight excluding hydrogens is 478 g/mol. The van der Waals surface area contributed by atoms with Crippen LogP contribution >= 0.6 is 50.9 Å². The van der Waals surface area contributed by atoms with Crippen molar-refractivity contribution in [2.45, 2.75) is 0 Å². The molecule has 0 aromatic heterocycles. The quantitative estimate of drug-likeness (QED) is 0.496. The van der Waals surface area contributed by atoms with Crippen LogP contribution in [0, 0.1) is 31.1 Å². The molecule has 0 spiro atoms. The molecule has 0 radical (unpaired) electrons. The van der Waals surface area contributed by atoms with Gasteiger partial charge in [-0.15, -0.1) is 50.9 Å². The Morgan fingerprint density at radius 1 is 0.500 bits per heavy atom. The first-order valence-corrected chi connectivity index (χ1v) is 0. The summed E-state index contributed by atoms with van der Waals surface area (Å²) >= 11 is 0. The average Bonchev–Trinajstić information content (AvgIpc) is 0. The van der Waals surface area contributed by atoms with E-state index >= 15 is 0 Å². The Labute approximate surface area is 80.8 Å². The minimum atomic E-state index is 0. The molecule has 0 unspecified atom stereocenters. The van der Waals surface area contributed by atoms with E-state index in [9.17, 15) is 0 Å². The molecule has 0 rings (SSSR count). The molecule has 0 amide bonds. The summed E-state index contributed by atoms with van der Waals surface area (Å²) in [6.45, 7) is 0. The van der Waals surface area contributed by atoms with Crippen molar-refractivity contribution in [3.8, 4) is 0 Å². The van der Waals surface area contributed by atoms with Gasteiger partial charge in [-0.2, -0.15) is 0 Å². The van der Waals surface area contributed by atoms with E-state index in [-0.39, 0.29) is 82.1 Å². The zero-order chi connectivity index (χ0) is 0. The molecule has 4 heteroatoms. The van der Waals surface area contributed by atoms with Crippen LogP contribution < -0.4 is 0 Å². The van der Waals surface area contributed by atoms with Gasteiger partial charge >= 0.3 is 0 Å². The summed E-state index contributed by atoms with van der Waals surface area (Å²) in [4.78, 5) is 0. The SMILES string of the molecule is Br.Br.Br.[U]. The molecule has 0 bridgehead atoms. The summed E-state index contributed by atoms with van der Waals surface area (Å²) in [5.41, 5.74) is 0. The number of halogens is 3. The minimum absolute atomic E-state index is 0. The van der Waals surface area contributed by atoms with Crippen LogP contribution in [0.5, 0.6) is 0 Å². The van der Waals surface area contributed by atoms with Crippen molar-refractivity contribution < 1.29 is 31.1 Å². The van der Waals surface area contributed by atoms with Crippen molar-refractivity contribution in [3.63, 3.8) is 0 Å². The molecule has 0 fully saturated rings. The maximum Gasteiger partial charge on any atom is 0 e. The largest absolute Gasteiger partial charge is 0.114 e. The summed E-state index contributed by atoms with van der Waals surface area (Å²) in [6.07, 6.45) is 0. The summed E-state index contributed by atoms with van der Waals surface area (Å²) in [7, 11) is 0. The van der Waals surface area contributed by atoms with Crippen LogP contribution in [0.25, 0.3) is 0 Å². The standard InChI is InChI=1S/3BrH.U/h3*1H;. The van der Waals surface area contributed by atoms with Crippen molar-refractivity contribution in [3.05, 3.63) is 0 Å². The summed E-state index contributed by atoms with van der Waals surface area (Å²) < 4.78 is 0. The van der Waals surface area contributed by atoms with E-state index in [1.54, 1.807) is 0 Å². The van der Waals surface area contributed by atoms with E-state index in [0.29, 0.717) is 0 Å². The molecule has 0 saturated heterocycles. The van der Waals surface area contributed by atoms with Crippen LogP contribution in [0.3, 0.4) is 0 Å². The summed E-state index contributed by atoms with van der Waals surface area (Å²) in [5.74, 6) is 0. The van der Waals surface area contributed by atoms with Gasteiger partial charge in [0.25, 0.3) is 0 Å². The van der Waals surface area contributed by atoms with E-state index in [1.165, 1.54) is 0 Å². The fourth-order valence-electron chi connectivity index (χ4n) is 0. The van der Waals surface area contributed by atoms with E-state index in [0.717, 1.165) is 0 Å². The van der Waals surface area contributed by atoms with Crippen LogP contribution in [0.1, 0.15) is 0 Å². The van der Waals surface area contributed by atoms with Gasteiger partial charge in [0.2, 0.25) is 0 Å². The third-order valence-electron chi connectivity index (χ3n) is 0. The molecule has 0 heterocycles. The molecule has 0 aliphatic heterocycles. The minimum Gasteiger partial charge on any atom is -0.114 e. The Kier molecular flexibility index (Phi) is 141. The number of hydrogen-bond donors (Lipinski definition) is 0. The second-order valence-corrected chi connectivity index (χ2v) is 0. The molecule has 0 aliphatic rings. The van der Waals surface area contributed by atoms with Crippen LogP contribution in [0.2, 0.25) is 0 Å². The predicted molar refractivity (Wildman–Crippen MR) is 31.0 cm³/mol. The molecule has 28 valence electrons. The smallest absolute Gasteiger partial charge is 0 e. The van der Waals surface area contributed by atoms with Gasteiger partial charge < -0.3 is 0 Å². The van der Waals surface area contributed by atoms with Crippen LogP contribution in [-0.2, 0) is 0 Å². The van der Waals surface area contributed by atoms with Gasteiger partial charge in [-0.1, -0.05) is 0 Å². The maximum atomic E-state index is 0. The Morgan fingerprint density at radius 2 is 0.500 bits per heavy atom. The third-order valence-corrected chi connectivity index (χ3v) is 0. The van der Waals surface area contributed by atoms with Gasteiger partial charge in [-0.05, 0) is 0 Å². The van der Waals surface area contributed by atoms with Crippen LogP contribution in [0.15, 0.2) is 0 Å². The topological polar surface area (TPSA) is 0 Å². The summed E-state index contributed by atoms with van der Waals surface area (Å²) in [6, 6.07) is 0. The molecule has 4 heavy (non-hydrogen) atoms. The molecule has 0 saturated carbocycles. The third kappa shape index (κ3) is 8.82. The van der Waals surface area contributed by atoms with Crippen molar-refractivity contribution in [2.24, 2.45) is 0 Å². The predicted octanol–water partition coefficient (Wildman–Crippen LogP) is 1.73. The Hall–Kier alpha value is 2.49. The second-order valence-electron chi connectivity index (χ2n) is 0. The van der Waals surface area contributed by atoms with E-state index in [4.69, 9.17) is 0 Å². The molecule has 0 aliphatic carbocycles. The number of rotatable bonds is 0. The van der Waals surface area contributed by atoms with Gasteiger partial charge in [0.05, 0.1) is 0 Å². The maximum absolute atomic E-state index is 0. The van der Waals surface area contributed by atoms with E-state index in [2.05, 4.69) is 0 Å². The van der Waals surface area contributed by atoms with E-state index in [1.807, 2.05) is 0 Å². The zero-order valence-electron chi connectivity index (χ0n) is 1.72. The Bertz CT molecular complexity index is 3.25. The first-order valence-electron chi connectivity index (χ1n) is 0. The second kappa shape index (κ2) is 17.8. The van der Waals surface area contributed by atoms with Crippen molar-refractivity contribution in [2.75, 3.05) is 0 Å². The van der Waals surface area contributed by atoms with Gasteiger partial charge in [-0.25, -0.2) is 0 Å². The fraction of sp³-hybridized carbons (Fsp3) is 0. The van der Waals surface area contributed by atoms with Gasteiger partial charge in [0, 0.05) is 31.1 Å². The molecule has 0 nitrogen and oxygen atoms in total. The monoisotopic (exact) mass is 478 g/mol. The summed E-state index contributed by atoms with van der Waals surface area (Å²) in [5, 5.41) is 0. The molecule has 0 N–H and O–H groups in total. The van der Waals surface area contributed by atoms with Crippen molar-refractivity contribution in [1.29, 1.82) is 0 Å². The molecule has 0 aromatic carbocycles. The molecule has 0 aromatic rings. The van der Waals surface area contributed by atoms with Crippen LogP contribution in [-0.4, -0.2) is 0 Å². The van der Waals surface area contributed by atoms with Crippen LogP contribution in [0.4, 0.5) is 0 Å². The Morgan fingerprint density at radius 3 is 0.500 bits per heavy atom. The van der Waals surface area contributed by atoms with Gasteiger partial charge in [0.15, 0.2) is 0 Å². The van der Waals surface area contributed by atoms with Gasteiger partial charge in [0.1, 0.15) is 0 Å². The number of hydrogen-bond acceptors (Lipinski definition) is 0. The molecular formula is H3Br3U. The van der Waals surface area contributed by atoms with Crippen molar-refractivity contribution >= 4 is 50.9 Å². The molecule has 0 atom stereocenters. The van der Waals surface area contributed by atoms with Gasteiger partial charge in [-0.3, -0.25) is 0 Å². The van der Waals surface area contributed by atoms with E-state index < -0.39 is 0 Å². The first-order chi connectivity index (χ1) is 0. The zero-order valence-corrected chi connectivity index (χ0v) is 11.0. The fourth-order valence-corrected chi connectivity index (χ4v) is 0. The van der Waals surface area contributed by atoms with Crippen molar-refractivity contribution in [1.82, 2.24) is 0 Å². The normalized spacial score (nSPS) is 0. The first kappa shape index (κ1) is 31.5. The Balaban J connectivity index is 0.